The highest BCUT2D eigenvalue weighted by Gasteiger charge is 1.99. The van der Waals surface area contributed by atoms with Gasteiger partial charge in [0.15, 0.2) is 5.82 Å². The Bertz CT molecular complexity index is 677. The van der Waals surface area contributed by atoms with E-state index in [9.17, 15) is 0 Å². The minimum atomic E-state index is -2.68. The van der Waals surface area contributed by atoms with Crippen LogP contribution in [0.1, 0.15) is 15.3 Å². The summed E-state index contributed by atoms with van der Waals surface area (Å²) in [6.45, 7) is -2.68. The maximum Gasteiger partial charge on any atom is 0.172 e. The van der Waals surface area contributed by atoms with Crippen LogP contribution in [0.2, 0.25) is 0 Å². The molecule has 66 valence electrons. The fourth-order valence-electron chi connectivity index (χ4n) is 0.750. The highest BCUT2D eigenvalue weighted by molar-refractivity contribution is 5.34. The van der Waals surface area contributed by atoms with Crippen molar-refractivity contribution in [2.45, 2.75) is 6.85 Å². The lowest BCUT2D eigenvalue weighted by molar-refractivity contribution is 0.830. The molecule has 0 bridgehead atoms. The molecule has 5 nitrogen and oxygen atoms in total. The van der Waals surface area contributed by atoms with Crippen molar-refractivity contribution in [3.05, 3.63) is 30.4 Å². The van der Waals surface area contributed by atoms with Gasteiger partial charge in [-0.3, -0.25) is 4.98 Å². The summed E-state index contributed by atoms with van der Waals surface area (Å²) >= 11 is 0. The predicted octanol–water partition coefficient (Wildman–Crippen LogP) is 0.553. The van der Waals surface area contributed by atoms with Gasteiger partial charge in [-0.25, -0.2) is 9.67 Å². The maximum atomic E-state index is 7.65. The van der Waals surface area contributed by atoms with Crippen LogP contribution in [0.15, 0.2) is 24.7 Å². The molecule has 2 heterocycles. The molecule has 0 atom stereocenters. The second-order valence-corrected chi connectivity index (χ2v) is 2.17. The molecule has 2 aromatic rings. The lowest BCUT2D eigenvalue weighted by atomic mass is 10.5. The van der Waals surface area contributed by atoms with Crippen LogP contribution in [0, 0.1) is 6.85 Å². The lowest BCUT2D eigenvalue weighted by Crippen LogP contribution is -1.99. The van der Waals surface area contributed by atoms with Gasteiger partial charge in [0.2, 0.25) is 0 Å². The van der Waals surface area contributed by atoms with Gasteiger partial charge in [-0.15, -0.1) is 0 Å². The van der Waals surface area contributed by atoms with Gasteiger partial charge in [0, 0.05) is 10.3 Å². The number of aryl methyl sites for hydroxylation is 1. The first-order valence-corrected chi connectivity index (χ1v) is 3.30. The molecule has 0 radical (unpaired) electrons. The highest BCUT2D eigenvalue weighted by atomic mass is 15.3. The van der Waals surface area contributed by atoms with Crippen molar-refractivity contribution < 1.29 is 9.60 Å². The zero-order valence-corrected chi connectivity index (χ0v) is 6.37. The van der Waals surface area contributed by atoms with E-state index in [2.05, 4.69) is 15.1 Å². The molecule has 0 saturated carbocycles. The Kier molecular flexibility index (Phi) is 0.680. The van der Waals surface area contributed by atoms with Crippen molar-refractivity contribution in [2.24, 2.45) is 0 Å². The first-order valence-electron chi connectivity index (χ1n) is 6.80. The van der Waals surface area contributed by atoms with Crippen molar-refractivity contribution in [3.63, 3.8) is 0 Å². The average molecular weight is 182 g/mol. The molecular weight excluding hydrogens is 166 g/mol. The van der Waals surface area contributed by atoms with E-state index in [1.807, 2.05) is 0 Å². The van der Waals surface area contributed by atoms with E-state index in [-0.39, 0.29) is 17.7 Å². The van der Waals surface area contributed by atoms with Gasteiger partial charge in [-0.05, 0) is 6.85 Å². The molecule has 2 N–H and O–H groups in total. The minimum absolute atomic E-state index is 0.225. The number of nitrogen functional groups attached to an aromatic ring is 1. The van der Waals surface area contributed by atoms with Crippen molar-refractivity contribution in [2.75, 3.05) is 5.73 Å². The number of aromatic nitrogens is 4. The standard InChI is InChI=1S/C8H9N5/c1-6-2-10-4-8(12-6)13-5-7(9)3-11-13/h2-5H,9H2,1H3/i1D3,2D,3D,4D,5D. The third-order valence-corrected chi connectivity index (χ3v) is 1.23. The number of hydrogen-bond donors (Lipinski definition) is 1. The summed E-state index contributed by atoms with van der Waals surface area (Å²) in [7, 11) is 0. The number of hydrogen-bond acceptors (Lipinski definition) is 4. The van der Waals surface area contributed by atoms with E-state index in [4.69, 9.17) is 15.3 Å². The van der Waals surface area contributed by atoms with Gasteiger partial charge in [0.1, 0.15) is 0 Å². The van der Waals surface area contributed by atoms with Crippen molar-refractivity contribution >= 4 is 5.69 Å². The molecule has 0 unspecified atom stereocenters. The van der Waals surface area contributed by atoms with Gasteiger partial charge < -0.3 is 5.73 Å². The Hall–Kier alpha value is -1.91. The summed E-state index contributed by atoms with van der Waals surface area (Å²) in [6.07, 6.45) is -1.95. The molecule has 0 aliphatic heterocycles. The van der Waals surface area contributed by atoms with Gasteiger partial charge in [-0.1, -0.05) is 0 Å². The summed E-state index contributed by atoms with van der Waals surface area (Å²) in [6, 6.07) is 0. The van der Waals surface area contributed by atoms with Crippen LogP contribution >= 0.6 is 0 Å². The van der Waals surface area contributed by atoms with Gasteiger partial charge in [0.05, 0.1) is 35.4 Å². The quantitative estimate of drug-likeness (QED) is 0.699. The Morgan fingerprint density at radius 2 is 2.46 bits per heavy atom. The number of nitrogens with zero attached hydrogens (tertiary/aromatic N) is 4. The average Bonchev–Trinajstić information content (AvgIpc) is 2.55. The van der Waals surface area contributed by atoms with Crippen LogP contribution in [-0.2, 0) is 0 Å². The largest absolute Gasteiger partial charge is 0.396 e. The topological polar surface area (TPSA) is 69.6 Å². The van der Waals surface area contributed by atoms with E-state index in [0.717, 1.165) is 4.68 Å². The minimum Gasteiger partial charge on any atom is -0.396 e. The molecule has 0 amide bonds. The van der Waals surface area contributed by atoms with E-state index in [0.29, 0.717) is 0 Å². The predicted molar refractivity (Wildman–Crippen MR) is 48.3 cm³/mol. The molecule has 0 aromatic carbocycles. The lowest BCUT2D eigenvalue weighted by Gasteiger charge is -1.98. The van der Waals surface area contributed by atoms with Crippen LogP contribution in [0.4, 0.5) is 5.69 Å². The molecule has 0 aliphatic rings. The fourth-order valence-corrected chi connectivity index (χ4v) is 0.750. The molecule has 0 aliphatic carbocycles. The van der Waals surface area contributed by atoms with Crippen molar-refractivity contribution in [1.29, 1.82) is 0 Å². The highest BCUT2D eigenvalue weighted by Crippen LogP contribution is 2.05. The Labute approximate surface area is 85.1 Å². The second kappa shape index (κ2) is 2.85. The van der Waals surface area contributed by atoms with Crippen molar-refractivity contribution in [1.82, 2.24) is 19.7 Å². The Morgan fingerprint density at radius 3 is 3.15 bits per heavy atom. The van der Waals surface area contributed by atoms with Crippen LogP contribution in [0.25, 0.3) is 5.82 Å². The molecule has 13 heavy (non-hydrogen) atoms. The van der Waals surface area contributed by atoms with Crippen LogP contribution in [-0.4, -0.2) is 19.7 Å². The normalized spacial score (nSPS) is 18.9. The Morgan fingerprint density at radius 1 is 1.54 bits per heavy atom. The van der Waals surface area contributed by atoms with Crippen molar-refractivity contribution in [3.8, 4) is 5.82 Å². The molecule has 2 rings (SSSR count). The zero-order chi connectivity index (χ0) is 15.2. The number of anilines is 1. The van der Waals surface area contributed by atoms with Crippen LogP contribution < -0.4 is 5.73 Å². The SMILES string of the molecule is [2H]c1nc([2H])c(C([2H])([2H])[2H])nc1-n1nc([2H])c(N)c1[2H]. The second-order valence-electron chi connectivity index (χ2n) is 2.17. The summed E-state index contributed by atoms with van der Waals surface area (Å²) in [5.74, 6) is -0.359. The maximum absolute atomic E-state index is 7.65. The first-order chi connectivity index (χ1) is 9.12. The number of nitrogens with two attached hydrogens (primary N) is 1. The zero-order valence-electron chi connectivity index (χ0n) is 13.4. The smallest absolute Gasteiger partial charge is 0.172 e. The van der Waals surface area contributed by atoms with Gasteiger partial charge in [-0.2, -0.15) is 5.10 Å². The molecular formula is C8H9N5. The summed E-state index contributed by atoms with van der Waals surface area (Å²) in [5, 5.41) is 3.60. The molecule has 0 fully saturated rings. The van der Waals surface area contributed by atoms with E-state index in [1.165, 1.54) is 0 Å². The van der Waals surface area contributed by atoms with E-state index < -0.39 is 31.1 Å². The third-order valence-electron chi connectivity index (χ3n) is 1.23. The van der Waals surface area contributed by atoms with E-state index >= 15 is 0 Å². The van der Waals surface area contributed by atoms with Gasteiger partial charge >= 0.3 is 0 Å². The monoisotopic (exact) mass is 182 g/mol. The third kappa shape index (κ3) is 1.48. The summed E-state index contributed by atoms with van der Waals surface area (Å²) in [5.41, 5.74) is 4.59. The van der Waals surface area contributed by atoms with E-state index in [1.54, 1.807) is 0 Å². The van der Waals surface area contributed by atoms with Crippen LogP contribution in [0.3, 0.4) is 0 Å². The molecule has 5 heteroatoms. The summed E-state index contributed by atoms with van der Waals surface area (Å²) < 4.78 is 52.6. The molecule has 0 spiro atoms. The molecule has 2 aromatic heterocycles. The van der Waals surface area contributed by atoms with Crippen LogP contribution in [0.5, 0.6) is 0 Å². The molecule has 0 saturated heterocycles. The summed E-state index contributed by atoms with van der Waals surface area (Å²) in [4.78, 5) is 7.13. The number of rotatable bonds is 1. The fraction of sp³-hybridized carbons (Fsp3) is 0.125. The first kappa shape index (κ1) is 3.10. The Balaban J connectivity index is 2.71. The van der Waals surface area contributed by atoms with Gasteiger partial charge in [0.25, 0.3) is 0 Å².